The predicted octanol–water partition coefficient (Wildman–Crippen LogP) is 4.37. The fourth-order valence-electron chi connectivity index (χ4n) is 3.13. The van der Waals surface area contributed by atoms with Crippen LogP contribution >= 0.6 is 23.2 Å². The maximum Gasteiger partial charge on any atom is 0.253 e. The molecule has 30 heavy (non-hydrogen) atoms. The van der Waals surface area contributed by atoms with Crippen molar-refractivity contribution < 1.29 is 9.59 Å². The average molecular weight is 447 g/mol. The zero-order valence-corrected chi connectivity index (χ0v) is 18.3. The quantitative estimate of drug-likeness (QED) is 0.448. The molecule has 2 amide bonds. The van der Waals surface area contributed by atoms with Gasteiger partial charge in [-0.3, -0.25) is 9.59 Å². The van der Waals surface area contributed by atoms with Crippen LogP contribution in [0, 0.1) is 5.92 Å². The summed E-state index contributed by atoms with van der Waals surface area (Å²) in [6.45, 7) is 4.24. The molecule has 2 aromatic carbocycles. The first-order valence-electron chi connectivity index (χ1n) is 9.82. The van der Waals surface area contributed by atoms with Gasteiger partial charge >= 0.3 is 0 Å². The van der Waals surface area contributed by atoms with Crippen LogP contribution in [0.4, 0.5) is 0 Å². The summed E-state index contributed by atoms with van der Waals surface area (Å²) in [6.07, 6.45) is 1.45. The lowest BCUT2D eigenvalue weighted by Crippen LogP contribution is -2.50. The van der Waals surface area contributed by atoms with E-state index in [1.807, 2.05) is 38.1 Å². The Hall–Kier alpha value is -2.57. The number of aromatic nitrogens is 2. The number of nitrogens with one attached hydrogen (secondary N) is 3. The van der Waals surface area contributed by atoms with Gasteiger partial charge in [-0.25, -0.2) is 4.98 Å². The Balaban J connectivity index is 1.52. The molecule has 1 heterocycles. The number of hydrogen-bond donors (Lipinski definition) is 3. The van der Waals surface area contributed by atoms with Gasteiger partial charge < -0.3 is 15.6 Å². The molecular formula is C22H24Cl2N4O2. The number of nitrogens with zero attached hydrogens (tertiary/aromatic N) is 1. The number of imidazole rings is 1. The van der Waals surface area contributed by atoms with Crippen LogP contribution in [0.5, 0.6) is 0 Å². The van der Waals surface area contributed by atoms with E-state index in [0.717, 1.165) is 23.3 Å². The minimum Gasteiger partial charge on any atom is -0.354 e. The summed E-state index contributed by atoms with van der Waals surface area (Å²) < 4.78 is 0. The topological polar surface area (TPSA) is 86.9 Å². The highest BCUT2D eigenvalue weighted by Crippen LogP contribution is 2.21. The lowest BCUT2D eigenvalue weighted by Gasteiger charge is -2.22. The molecule has 158 valence electrons. The Kier molecular flexibility index (Phi) is 7.34. The van der Waals surface area contributed by atoms with Crippen LogP contribution in [0.3, 0.4) is 0 Å². The Morgan fingerprint density at radius 3 is 2.60 bits per heavy atom. The second kappa shape index (κ2) is 9.96. The van der Waals surface area contributed by atoms with E-state index in [2.05, 4.69) is 20.6 Å². The Morgan fingerprint density at radius 1 is 1.13 bits per heavy atom. The molecule has 8 heteroatoms. The zero-order valence-electron chi connectivity index (χ0n) is 16.8. The van der Waals surface area contributed by atoms with Crippen LogP contribution in [0.15, 0.2) is 42.5 Å². The van der Waals surface area contributed by atoms with E-state index < -0.39 is 11.9 Å². The summed E-state index contributed by atoms with van der Waals surface area (Å²) in [5.74, 6) is 0.160. The number of H-pyrrole nitrogens is 1. The van der Waals surface area contributed by atoms with E-state index in [-0.39, 0.29) is 22.4 Å². The highest BCUT2D eigenvalue weighted by Gasteiger charge is 2.25. The first kappa shape index (κ1) is 22.1. The minimum atomic E-state index is -0.671. The van der Waals surface area contributed by atoms with Gasteiger partial charge in [-0.05, 0) is 42.7 Å². The SMILES string of the molecule is CC(C)[C@@H](NC(=O)c1ccc(Cl)cc1Cl)C(=O)NCCCc1nc2ccccc2[nH]1. The van der Waals surface area contributed by atoms with E-state index >= 15 is 0 Å². The first-order valence-corrected chi connectivity index (χ1v) is 10.6. The first-order chi connectivity index (χ1) is 14.3. The second-order valence-corrected chi connectivity index (χ2v) is 8.26. The van der Waals surface area contributed by atoms with Crippen molar-refractivity contribution in [2.75, 3.05) is 6.54 Å². The van der Waals surface area contributed by atoms with Crippen molar-refractivity contribution in [3.63, 3.8) is 0 Å². The van der Waals surface area contributed by atoms with Gasteiger partial charge in [-0.15, -0.1) is 0 Å². The number of benzene rings is 2. The summed E-state index contributed by atoms with van der Waals surface area (Å²) in [7, 11) is 0. The number of aryl methyl sites for hydroxylation is 1. The monoisotopic (exact) mass is 446 g/mol. The Labute approximate surface area is 185 Å². The summed E-state index contributed by atoms with van der Waals surface area (Å²) in [6, 6.07) is 11.8. The minimum absolute atomic E-state index is 0.0876. The van der Waals surface area contributed by atoms with Gasteiger partial charge in [0.05, 0.1) is 21.6 Å². The van der Waals surface area contributed by atoms with Gasteiger partial charge in [0.2, 0.25) is 5.91 Å². The molecule has 3 N–H and O–H groups in total. The second-order valence-electron chi connectivity index (χ2n) is 7.41. The Morgan fingerprint density at radius 2 is 1.90 bits per heavy atom. The van der Waals surface area contributed by atoms with Crippen LogP contribution in [0.2, 0.25) is 10.0 Å². The number of halogens is 2. The number of carbonyl (C=O) groups is 2. The van der Waals surface area contributed by atoms with E-state index in [1.54, 1.807) is 12.1 Å². The van der Waals surface area contributed by atoms with Gasteiger partial charge in [-0.1, -0.05) is 49.2 Å². The van der Waals surface area contributed by atoms with Crippen molar-refractivity contribution in [2.24, 2.45) is 5.92 Å². The number of rotatable bonds is 8. The molecule has 0 aliphatic carbocycles. The summed E-state index contributed by atoms with van der Waals surface area (Å²) in [5, 5.41) is 6.36. The van der Waals surface area contributed by atoms with Crippen LogP contribution < -0.4 is 10.6 Å². The van der Waals surface area contributed by atoms with Crippen molar-refractivity contribution >= 4 is 46.0 Å². The van der Waals surface area contributed by atoms with Crippen molar-refractivity contribution in [3.8, 4) is 0 Å². The highest BCUT2D eigenvalue weighted by molar-refractivity contribution is 6.36. The molecule has 1 aromatic heterocycles. The smallest absolute Gasteiger partial charge is 0.253 e. The third-order valence-electron chi connectivity index (χ3n) is 4.74. The van der Waals surface area contributed by atoms with Gasteiger partial charge in [0.25, 0.3) is 5.91 Å². The van der Waals surface area contributed by atoms with E-state index in [0.29, 0.717) is 18.0 Å². The maximum absolute atomic E-state index is 12.6. The van der Waals surface area contributed by atoms with Crippen LogP contribution in [-0.2, 0) is 11.2 Å². The van der Waals surface area contributed by atoms with Gasteiger partial charge in [-0.2, -0.15) is 0 Å². The maximum atomic E-state index is 12.6. The number of hydrogen-bond acceptors (Lipinski definition) is 3. The van der Waals surface area contributed by atoms with Crippen molar-refractivity contribution in [3.05, 3.63) is 63.9 Å². The van der Waals surface area contributed by atoms with Crippen LogP contribution in [-0.4, -0.2) is 34.4 Å². The normalized spacial score (nSPS) is 12.2. The number of carbonyl (C=O) groups excluding carboxylic acids is 2. The van der Waals surface area contributed by atoms with Crippen molar-refractivity contribution in [1.82, 2.24) is 20.6 Å². The van der Waals surface area contributed by atoms with Crippen molar-refractivity contribution in [2.45, 2.75) is 32.7 Å². The van der Waals surface area contributed by atoms with E-state index in [1.165, 1.54) is 6.07 Å². The molecule has 0 fully saturated rings. The fraction of sp³-hybridized carbons (Fsp3) is 0.318. The molecule has 0 bridgehead atoms. The lowest BCUT2D eigenvalue weighted by molar-refractivity contribution is -0.123. The van der Waals surface area contributed by atoms with Gasteiger partial charge in [0, 0.05) is 18.0 Å². The number of amides is 2. The molecular weight excluding hydrogens is 423 g/mol. The van der Waals surface area contributed by atoms with E-state index in [9.17, 15) is 9.59 Å². The molecule has 1 atom stereocenters. The standard InChI is InChI=1S/C22H24Cl2N4O2/c1-13(2)20(28-21(29)15-10-9-14(23)12-16(15)24)22(30)25-11-5-8-19-26-17-6-3-4-7-18(17)27-19/h3-4,6-7,9-10,12-13,20H,5,8,11H2,1-2H3,(H,25,30)(H,26,27)(H,28,29)/t20-/m1/s1. The molecule has 0 aliphatic rings. The number of aromatic amines is 1. The molecule has 3 aromatic rings. The van der Waals surface area contributed by atoms with Crippen molar-refractivity contribution in [1.29, 1.82) is 0 Å². The fourth-order valence-corrected chi connectivity index (χ4v) is 3.62. The third-order valence-corrected chi connectivity index (χ3v) is 5.29. The molecule has 0 spiro atoms. The predicted molar refractivity (Wildman–Crippen MR) is 120 cm³/mol. The molecule has 3 rings (SSSR count). The zero-order chi connectivity index (χ0) is 21.7. The van der Waals surface area contributed by atoms with Gasteiger partial charge in [0.1, 0.15) is 11.9 Å². The number of fused-ring (bicyclic) bond motifs is 1. The highest BCUT2D eigenvalue weighted by atomic mass is 35.5. The Bertz CT molecular complexity index is 1020. The van der Waals surface area contributed by atoms with Crippen LogP contribution in [0.1, 0.15) is 36.5 Å². The molecule has 0 radical (unpaired) electrons. The largest absolute Gasteiger partial charge is 0.354 e. The summed E-state index contributed by atoms with van der Waals surface area (Å²) in [5.41, 5.74) is 2.21. The molecule has 6 nitrogen and oxygen atoms in total. The molecule has 0 aliphatic heterocycles. The average Bonchev–Trinajstić information content (AvgIpc) is 3.11. The third kappa shape index (κ3) is 5.52. The molecule has 0 unspecified atom stereocenters. The lowest BCUT2D eigenvalue weighted by atomic mass is 10.0. The molecule has 0 saturated carbocycles. The molecule has 0 saturated heterocycles. The summed E-state index contributed by atoms with van der Waals surface area (Å²) >= 11 is 12.0. The van der Waals surface area contributed by atoms with E-state index in [4.69, 9.17) is 23.2 Å². The van der Waals surface area contributed by atoms with Gasteiger partial charge in [0.15, 0.2) is 0 Å². The number of para-hydroxylation sites is 2. The summed E-state index contributed by atoms with van der Waals surface area (Å²) in [4.78, 5) is 33.0. The van der Waals surface area contributed by atoms with Crippen LogP contribution in [0.25, 0.3) is 11.0 Å².